The number of imide groups is 1. The monoisotopic (exact) mass is 395 g/mol. The largest absolute Gasteiger partial charge is 0.443 e. The van der Waals surface area contributed by atoms with E-state index in [1.807, 2.05) is 6.92 Å². The fraction of sp³-hybridized carbons (Fsp3) is 0.500. The number of hydrogen-bond donors (Lipinski definition) is 0. The van der Waals surface area contributed by atoms with Crippen molar-refractivity contribution in [1.82, 2.24) is 4.90 Å². The third-order valence-electron chi connectivity index (χ3n) is 3.76. The molecule has 0 N–H and O–H groups in total. The predicted molar refractivity (Wildman–Crippen MR) is 93.7 cm³/mol. The topological polar surface area (TPSA) is 63.7 Å². The molecule has 1 aliphatic heterocycles. The van der Waals surface area contributed by atoms with Gasteiger partial charge in [0, 0.05) is 16.6 Å². The van der Waals surface area contributed by atoms with Gasteiger partial charge >= 0.3 is 6.09 Å². The summed E-state index contributed by atoms with van der Waals surface area (Å²) in [6.07, 6.45) is -0.250. The number of Topliss-reactive ketones (excluding diaryl/α,β-unsaturated/α-hetero) is 1. The minimum Gasteiger partial charge on any atom is -0.443 e. The number of halogens is 1. The summed E-state index contributed by atoms with van der Waals surface area (Å²) in [6, 6.07) is 6.87. The summed E-state index contributed by atoms with van der Waals surface area (Å²) in [4.78, 5) is 38.7. The summed E-state index contributed by atoms with van der Waals surface area (Å²) in [6.45, 7) is 7.43. The van der Waals surface area contributed by atoms with E-state index in [-0.39, 0.29) is 18.2 Å². The van der Waals surface area contributed by atoms with E-state index in [1.165, 1.54) is 0 Å². The molecule has 0 saturated carbocycles. The van der Waals surface area contributed by atoms with Crippen LogP contribution < -0.4 is 0 Å². The van der Waals surface area contributed by atoms with Crippen LogP contribution in [0.1, 0.15) is 44.5 Å². The lowest BCUT2D eigenvalue weighted by Gasteiger charge is -2.35. The number of ketones is 1. The van der Waals surface area contributed by atoms with Gasteiger partial charge in [-0.2, -0.15) is 0 Å². The number of piperidine rings is 1. The van der Waals surface area contributed by atoms with E-state index in [1.54, 1.807) is 45.0 Å². The Morgan fingerprint density at radius 3 is 2.33 bits per heavy atom. The fourth-order valence-corrected chi connectivity index (χ4v) is 2.95. The van der Waals surface area contributed by atoms with Gasteiger partial charge in [0.05, 0.1) is 0 Å². The first-order chi connectivity index (χ1) is 11.1. The number of rotatable bonds is 2. The van der Waals surface area contributed by atoms with Gasteiger partial charge in [0.25, 0.3) is 0 Å². The maximum absolute atomic E-state index is 12.7. The second kappa shape index (κ2) is 7.05. The van der Waals surface area contributed by atoms with Crippen molar-refractivity contribution in [2.24, 2.45) is 11.8 Å². The zero-order chi connectivity index (χ0) is 18.1. The SMILES string of the molecule is CC1CC(C(=O)c2ccc(Br)cc2)C(=O)N(C(=O)OC(C)(C)C)C1. The Bertz CT molecular complexity index is 648. The summed E-state index contributed by atoms with van der Waals surface area (Å²) in [5, 5.41) is 0. The third-order valence-corrected chi connectivity index (χ3v) is 4.28. The van der Waals surface area contributed by atoms with Crippen molar-refractivity contribution in [2.75, 3.05) is 6.54 Å². The molecule has 24 heavy (non-hydrogen) atoms. The van der Waals surface area contributed by atoms with Crippen LogP contribution in [0.2, 0.25) is 0 Å². The van der Waals surface area contributed by atoms with E-state index in [0.717, 1.165) is 9.37 Å². The van der Waals surface area contributed by atoms with Gasteiger partial charge in [-0.05, 0) is 45.2 Å². The standard InChI is InChI=1S/C18H22BrNO4/c1-11-9-14(15(21)12-5-7-13(19)8-6-12)16(22)20(10-11)17(23)24-18(2,3)4/h5-8,11,14H,9-10H2,1-4H3. The lowest BCUT2D eigenvalue weighted by molar-refractivity contribution is -0.136. The molecule has 1 aromatic rings. The second-order valence-corrected chi connectivity index (χ2v) is 8.11. The number of benzene rings is 1. The van der Waals surface area contributed by atoms with Gasteiger partial charge in [-0.15, -0.1) is 0 Å². The van der Waals surface area contributed by atoms with E-state index in [0.29, 0.717) is 12.0 Å². The highest BCUT2D eigenvalue weighted by Gasteiger charge is 2.41. The van der Waals surface area contributed by atoms with Crippen molar-refractivity contribution in [1.29, 1.82) is 0 Å². The predicted octanol–water partition coefficient (Wildman–Crippen LogP) is 4.05. The van der Waals surface area contributed by atoms with E-state index in [9.17, 15) is 14.4 Å². The van der Waals surface area contributed by atoms with Crippen molar-refractivity contribution < 1.29 is 19.1 Å². The zero-order valence-electron chi connectivity index (χ0n) is 14.3. The average Bonchev–Trinajstić information content (AvgIpc) is 2.47. The van der Waals surface area contributed by atoms with Crippen LogP contribution in [-0.4, -0.2) is 34.8 Å². The van der Waals surface area contributed by atoms with Crippen molar-refractivity contribution in [3.8, 4) is 0 Å². The van der Waals surface area contributed by atoms with Crippen molar-refractivity contribution >= 4 is 33.7 Å². The van der Waals surface area contributed by atoms with Crippen LogP contribution >= 0.6 is 15.9 Å². The van der Waals surface area contributed by atoms with Crippen LogP contribution in [0.25, 0.3) is 0 Å². The minimum atomic E-state index is -0.845. The van der Waals surface area contributed by atoms with Gasteiger partial charge < -0.3 is 4.74 Å². The molecule has 2 rings (SSSR count). The molecule has 0 bridgehead atoms. The molecule has 0 radical (unpaired) electrons. The molecule has 1 heterocycles. The number of carbonyl (C=O) groups excluding carboxylic acids is 3. The zero-order valence-corrected chi connectivity index (χ0v) is 15.9. The summed E-state index contributed by atoms with van der Waals surface area (Å²) < 4.78 is 6.15. The number of nitrogens with zero attached hydrogens (tertiary/aromatic N) is 1. The average molecular weight is 396 g/mol. The molecular formula is C18H22BrNO4. The fourth-order valence-electron chi connectivity index (χ4n) is 2.68. The van der Waals surface area contributed by atoms with Gasteiger partial charge in [0.1, 0.15) is 11.5 Å². The van der Waals surface area contributed by atoms with E-state index in [2.05, 4.69) is 15.9 Å². The molecule has 0 aliphatic carbocycles. The lowest BCUT2D eigenvalue weighted by atomic mass is 9.84. The number of likely N-dealkylation sites (tertiary alicyclic amines) is 1. The molecule has 6 heteroatoms. The molecule has 1 aliphatic rings. The molecule has 0 spiro atoms. The summed E-state index contributed by atoms with van der Waals surface area (Å²) in [7, 11) is 0. The highest BCUT2D eigenvalue weighted by Crippen LogP contribution is 2.28. The molecule has 2 unspecified atom stereocenters. The Labute approximate surface area is 150 Å². The van der Waals surface area contributed by atoms with Gasteiger partial charge in [-0.1, -0.05) is 35.0 Å². The normalized spacial score (nSPS) is 21.5. The molecule has 1 saturated heterocycles. The number of hydrogen-bond acceptors (Lipinski definition) is 4. The summed E-state index contributed by atoms with van der Waals surface area (Å²) >= 11 is 3.32. The van der Waals surface area contributed by atoms with Crippen LogP contribution in [0.15, 0.2) is 28.7 Å². The first-order valence-corrected chi connectivity index (χ1v) is 8.72. The Morgan fingerprint density at radius 2 is 1.79 bits per heavy atom. The molecule has 1 fully saturated rings. The van der Waals surface area contributed by atoms with Gasteiger partial charge in [-0.3, -0.25) is 9.59 Å². The second-order valence-electron chi connectivity index (χ2n) is 7.19. The van der Waals surface area contributed by atoms with Crippen LogP contribution in [0, 0.1) is 11.8 Å². The van der Waals surface area contributed by atoms with Crippen molar-refractivity contribution in [2.45, 2.75) is 39.7 Å². The van der Waals surface area contributed by atoms with Crippen LogP contribution in [0.3, 0.4) is 0 Å². The first kappa shape index (κ1) is 18.6. The van der Waals surface area contributed by atoms with E-state index in [4.69, 9.17) is 4.74 Å². The third kappa shape index (κ3) is 4.44. The minimum absolute atomic E-state index is 0.0413. The molecular weight excluding hydrogens is 374 g/mol. The maximum atomic E-state index is 12.7. The quantitative estimate of drug-likeness (QED) is 0.559. The van der Waals surface area contributed by atoms with Crippen LogP contribution in [0.5, 0.6) is 0 Å². The molecule has 5 nitrogen and oxygen atoms in total. The number of amides is 2. The number of ether oxygens (including phenoxy) is 1. The van der Waals surface area contributed by atoms with E-state index < -0.39 is 23.5 Å². The Kier molecular flexibility index (Phi) is 5.48. The highest BCUT2D eigenvalue weighted by atomic mass is 79.9. The highest BCUT2D eigenvalue weighted by molar-refractivity contribution is 9.10. The molecule has 2 atom stereocenters. The molecule has 2 amide bonds. The van der Waals surface area contributed by atoms with Gasteiger partial charge in [-0.25, -0.2) is 9.69 Å². The lowest BCUT2D eigenvalue weighted by Crippen LogP contribution is -2.51. The summed E-state index contributed by atoms with van der Waals surface area (Å²) in [5.74, 6) is -1.54. The Morgan fingerprint density at radius 1 is 1.21 bits per heavy atom. The first-order valence-electron chi connectivity index (χ1n) is 7.92. The summed E-state index contributed by atoms with van der Waals surface area (Å²) in [5.41, 5.74) is -0.224. The molecule has 1 aromatic carbocycles. The molecule has 130 valence electrons. The van der Waals surface area contributed by atoms with Crippen LogP contribution in [0.4, 0.5) is 4.79 Å². The maximum Gasteiger partial charge on any atom is 0.417 e. The molecule has 0 aromatic heterocycles. The smallest absolute Gasteiger partial charge is 0.417 e. The number of carbonyl (C=O) groups is 3. The van der Waals surface area contributed by atoms with Crippen molar-refractivity contribution in [3.63, 3.8) is 0 Å². The van der Waals surface area contributed by atoms with Crippen molar-refractivity contribution in [3.05, 3.63) is 34.3 Å². The van der Waals surface area contributed by atoms with Gasteiger partial charge in [0.2, 0.25) is 5.91 Å². The Balaban J connectivity index is 2.21. The van der Waals surface area contributed by atoms with Gasteiger partial charge in [0.15, 0.2) is 5.78 Å². The van der Waals surface area contributed by atoms with Crippen LogP contribution in [-0.2, 0) is 9.53 Å². The van der Waals surface area contributed by atoms with E-state index >= 15 is 0 Å². The Hall–Kier alpha value is -1.69.